The van der Waals surface area contributed by atoms with Crippen LogP contribution in [0.15, 0.2) is 29.1 Å². The van der Waals surface area contributed by atoms with E-state index in [1.54, 1.807) is 13.4 Å². The molecule has 1 N–H and O–H groups in total. The first-order chi connectivity index (χ1) is 9.24. The SMILES string of the molecule is CCNC(Cc1cc(OC)ncn1)c1occc1C. The fourth-order valence-electron chi connectivity index (χ4n) is 2.05. The summed E-state index contributed by atoms with van der Waals surface area (Å²) in [6.45, 7) is 4.99. The van der Waals surface area contributed by atoms with E-state index in [1.165, 1.54) is 6.33 Å². The van der Waals surface area contributed by atoms with Crippen molar-refractivity contribution in [3.63, 3.8) is 0 Å². The Balaban J connectivity index is 2.18. The van der Waals surface area contributed by atoms with Gasteiger partial charge in [-0.15, -0.1) is 0 Å². The summed E-state index contributed by atoms with van der Waals surface area (Å²) in [4.78, 5) is 8.29. The number of furan rings is 1. The summed E-state index contributed by atoms with van der Waals surface area (Å²) in [5.74, 6) is 1.54. The average Bonchev–Trinajstić information content (AvgIpc) is 2.85. The molecule has 2 aromatic heterocycles. The second kappa shape index (κ2) is 6.33. The highest BCUT2D eigenvalue weighted by atomic mass is 16.5. The third-order valence-corrected chi connectivity index (χ3v) is 2.99. The van der Waals surface area contributed by atoms with E-state index >= 15 is 0 Å². The molecule has 0 bridgehead atoms. The average molecular weight is 261 g/mol. The second-order valence-electron chi connectivity index (χ2n) is 4.33. The molecular weight excluding hydrogens is 242 g/mol. The molecule has 19 heavy (non-hydrogen) atoms. The molecule has 1 unspecified atom stereocenters. The van der Waals surface area contributed by atoms with Crippen molar-refractivity contribution in [1.82, 2.24) is 15.3 Å². The zero-order chi connectivity index (χ0) is 13.7. The molecule has 2 aromatic rings. The largest absolute Gasteiger partial charge is 0.481 e. The number of hydrogen-bond acceptors (Lipinski definition) is 5. The number of aromatic nitrogens is 2. The molecule has 0 amide bonds. The summed E-state index contributed by atoms with van der Waals surface area (Å²) < 4.78 is 10.7. The van der Waals surface area contributed by atoms with E-state index in [2.05, 4.69) is 22.2 Å². The summed E-state index contributed by atoms with van der Waals surface area (Å²) in [5, 5.41) is 3.42. The lowest BCUT2D eigenvalue weighted by Gasteiger charge is -2.16. The Labute approximate surface area is 113 Å². The van der Waals surface area contributed by atoms with E-state index in [4.69, 9.17) is 9.15 Å². The minimum Gasteiger partial charge on any atom is -0.481 e. The van der Waals surface area contributed by atoms with Crippen LogP contribution in [0.25, 0.3) is 0 Å². The summed E-state index contributed by atoms with van der Waals surface area (Å²) in [6, 6.07) is 3.93. The number of likely N-dealkylation sites (N-methyl/N-ethyl adjacent to an activating group) is 1. The zero-order valence-electron chi connectivity index (χ0n) is 11.5. The van der Waals surface area contributed by atoms with E-state index < -0.39 is 0 Å². The Hall–Kier alpha value is -1.88. The molecule has 1 atom stereocenters. The van der Waals surface area contributed by atoms with E-state index in [9.17, 15) is 0 Å². The van der Waals surface area contributed by atoms with Gasteiger partial charge in [0.05, 0.1) is 19.4 Å². The number of ether oxygens (including phenoxy) is 1. The molecule has 0 aliphatic rings. The monoisotopic (exact) mass is 261 g/mol. The minimum absolute atomic E-state index is 0.111. The van der Waals surface area contributed by atoms with Crippen molar-refractivity contribution in [2.45, 2.75) is 26.3 Å². The van der Waals surface area contributed by atoms with Crippen molar-refractivity contribution < 1.29 is 9.15 Å². The van der Waals surface area contributed by atoms with Gasteiger partial charge in [0.15, 0.2) is 0 Å². The van der Waals surface area contributed by atoms with Gasteiger partial charge in [0.2, 0.25) is 5.88 Å². The third-order valence-electron chi connectivity index (χ3n) is 2.99. The van der Waals surface area contributed by atoms with Gasteiger partial charge in [-0.1, -0.05) is 6.92 Å². The van der Waals surface area contributed by atoms with Crippen LogP contribution in [0.2, 0.25) is 0 Å². The Bertz CT molecular complexity index is 525. The lowest BCUT2D eigenvalue weighted by molar-refractivity contribution is 0.391. The molecule has 0 saturated heterocycles. The Kier molecular flexibility index (Phi) is 4.52. The van der Waals surface area contributed by atoms with Crippen LogP contribution in [0, 0.1) is 6.92 Å². The summed E-state index contributed by atoms with van der Waals surface area (Å²) in [5.41, 5.74) is 2.07. The Morgan fingerprint density at radius 2 is 2.26 bits per heavy atom. The van der Waals surface area contributed by atoms with Crippen LogP contribution in [0.1, 0.15) is 30.0 Å². The van der Waals surface area contributed by atoms with Crippen LogP contribution >= 0.6 is 0 Å². The molecule has 0 aromatic carbocycles. The molecule has 102 valence electrons. The first-order valence-electron chi connectivity index (χ1n) is 6.36. The molecule has 0 aliphatic heterocycles. The van der Waals surface area contributed by atoms with Crippen LogP contribution in [-0.4, -0.2) is 23.6 Å². The maximum absolute atomic E-state index is 5.57. The van der Waals surface area contributed by atoms with Gasteiger partial charge < -0.3 is 14.5 Å². The summed E-state index contributed by atoms with van der Waals surface area (Å²) in [6.07, 6.45) is 3.98. The second-order valence-corrected chi connectivity index (χ2v) is 4.33. The molecule has 0 saturated carbocycles. The predicted octanol–water partition coefficient (Wildman–Crippen LogP) is 2.28. The van der Waals surface area contributed by atoms with Gasteiger partial charge >= 0.3 is 0 Å². The van der Waals surface area contributed by atoms with Gasteiger partial charge in [-0.25, -0.2) is 9.97 Å². The maximum Gasteiger partial charge on any atom is 0.216 e. The number of nitrogens with one attached hydrogen (secondary N) is 1. The quantitative estimate of drug-likeness (QED) is 0.864. The highest BCUT2D eigenvalue weighted by Crippen LogP contribution is 2.22. The van der Waals surface area contributed by atoms with E-state index in [1.807, 2.05) is 19.1 Å². The van der Waals surface area contributed by atoms with Gasteiger partial charge in [-0.2, -0.15) is 0 Å². The van der Waals surface area contributed by atoms with Crippen molar-refractivity contribution in [1.29, 1.82) is 0 Å². The van der Waals surface area contributed by atoms with Gasteiger partial charge in [0, 0.05) is 18.2 Å². The summed E-state index contributed by atoms with van der Waals surface area (Å²) >= 11 is 0. The third kappa shape index (κ3) is 3.32. The van der Waals surface area contributed by atoms with Gasteiger partial charge in [-0.05, 0) is 25.1 Å². The van der Waals surface area contributed by atoms with Crippen LogP contribution in [0.5, 0.6) is 5.88 Å². The van der Waals surface area contributed by atoms with E-state index in [0.717, 1.165) is 30.0 Å². The normalized spacial score (nSPS) is 12.4. The van der Waals surface area contributed by atoms with Crippen molar-refractivity contribution in [3.05, 3.63) is 41.7 Å². The molecule has 5 heteroatoms. The van der Waals surface area contributed by atoms with Crippen LogP contribution in [0.3, 0.4) is 0 Å². The highest BCUT2D eigenvalue weighted by molar-refractivity contribution is 5.21. The topological polar surface area (TPSA) is 60.2 Å². The molecule has 0 fully saturated rings. The van der Waals surface area contributed by atoms with Gasteiger partial charge in [0.25, 0.3) is 0 Å². The lowest BCUT2D eigenvalue weighted by Crippen LogP contribution is -2.23. The van der Waals surface area contributed by atoms with Crippen molar-refractivity contribution in [3.8, 4) is 5.88 Å². The molecule has 2 rings (SSSR count). The minimum atomic E-state index is 0.111. The molecule has 5 nitrogen and oxygen atoms in total. The number of rotatable bonds is 6. The fourth-order valence-corrected chi connectivity index (χ4v) is 2.05. The first-order valence-corrected chi connectivity index (χ1v) is 6.36. The zero-order valence-corrected chi connectivity index (χ0v) is 11.5. The smallest absolute Gasteiger partial charge is 0.216 e. The van der Waals surface area contributed by atoms with Crippen molar-refractivity contribution in [2.75, 3.05) is 13.7 Å². The summed E-state index contributed by atoms with van der Waals surface area (Å²) in [7, 11) is 1.60. The number of aryl methyl sites for hydroxylation is 1. The fraction of sp³-hybridized carbons (Fsp3) is 0.429. The predicted molar refractivity (Wildman–Crippen MR) is 72.2 cm³/mol. The highest BCUT2D eigenvalue weighted by Gasteiger charge is 2.17. The molecule has 0 radical (unpaired) electrons. The van der Waals surface area contributed by atoms with Crippen molar-refractivity contribution >= 4 is 0 Å². The molecule has 2 heterocycles. The standard InChI is InChI=1S/C14H19N3O2/c1-4-15-12(14-10(2)5-6-19-14)7-11-8-13(18-3)17-9-16-11/h5-6,8-9,12,15H,4,7H2,1-3H3. The van der Waals surface area contributed by atoms with E-state index in [0.29, 0.717) is 5.88 Å². The Morgan fingerprint density at radius 1 is 1.42 bits per heavy atom. The van der Waals surface area contributed by atoms with E-state index in [-0.39, 0.29) is 6.04 Å². The molecular formula is C14H19N3O2. The number of methoxy groups -OCH3 is 1. The van der Waals surface area contributed by atoms with Crippen LogP contribution in [-0.2, 0) is 6.42 Å². The van der Waals surface area contributed by atoms with Crippen LogP contribution in [0.4, 0.5) is 0 Å². The van der Waals surface area contributed by atoms with Gasteiger partial charge in [-0.3, -0.25) is 0 Å². The maximum atomic E-state index is 5.57. The van der Waals surface area contributed by atoms with Crippen molar-refractivity contribution in [2.24, 2.45) is 0 Å². The molecule has 0 aliphatic carbocycles. The Morgan fingerprint density at radius 3 is 2.89 bits per heavy atom. The van der Waals surface area contributed by atoms with Crippen LogP contribution < -0.4 is 10.1 Å². The first kappa shape index (κ1) is 13.5. The molecule has 0 spiro atoms. The number of hydrogen-bond donors (Lipinski definition) is 1. The number of nitrogens with zero attached hydrogens (tertiary/aromatic N) is 2. The van der Waals surface area contributed by atoms with Gasteiger partial charge in [0.1, 0.15) is 12.1 Å². The lowest BCUT2D eigenvalue weighted by atomic mass is 10.1.